The summed E-state index contributed by atoms with van der Waals surface area (Å²) in [6.07, 6.45) is 3.61. The van der Waals surface area contributed by atoms with Gasteiger partial charge >= 0.3 is 0 Å². The number of hydrogen-bond donors (Lipinski definition) is 0. The van der Waals surface area contributed by atoms with E-state index >= 15 is 0 Å². The van der Waals surface area contributed by atoms with Gasteiger partial charge in [0.05, 0.1) is 5.41 Å². The average Bonchev–Trinajstić information content (AvgIpc) is 3.33. The van der Waals surface area contributed by atoms with Crippen LogP contribution in [-0.2, 0) is 10.2 Å². The number of ether oxygens (including phenoxy) is 2. The number of Topliss-reactive ketones (excluding diaryl/α,β-unsaturated/α-hetero) is 1. The van der Waals surface area contributed by atoms with Crippen LogP contribution >= 0.6 is 0 Å². The standard InChI is InChI=1S/C23H25NO3/c1-16(17-6-3-2-4-7-17)24-13-12-23(21(24)8-5-9-22(23)25)18-10-11-19-20(14-18)27-15-26-19/h2-4,6-7,10-11,14,16,21H,5,8-9,12-13,15H2,1H3. The lowest BCUT2D eigenvalue weighted by Gasteiger charge is -2.43. The van der Waals surface area contributed by atoms with Crippen LogP contribution in [-0.4, -0.2) is 30.1 Å². The van der Waals surface area contributed by atoms with Crippen LogP contribution in [0.15, 0.2) is 48.5 Å². The molecule has 0 N–H and O–H groups in total. The van der Waals surface area contributed by atoms with E-state index in [9.17, 15) is 4.79 Å². The molecule has 1 saturated carbocycles. The van der Waals surface area contributed by atoms with Crippen molar-refractivity contribution in [2.75, 3.05) is 13.3 Å². The molecule has 0 aromatic heterocycles. The molecule has 3 atom stereocenters. The third-order valence-electron chi connectivity index (χ3n) is 6.78. The molecule has 27 heavy (non-hydrogen) atoms. The Balaban J connectivity index is 1.55. The van der Waals surface area contributed by atoms with Crippen LogP contribution in [0.1, 0.15) is 49.8 Å². The molecule has 2 fully saturated rings. The molecule has 4 heteroatoms. The predicted molar refractivity (Wildman–Crippen MR) is 103 cm³/mol. The van der Waals surface area contributed by atoms with Crippen LogP contribution in [0.2, 0.25) is 0 Å². The average molecular weight is 363 g/mol. The second-order valence-corrected chi connectivity index (χ2v) is 7.95. The van der Waals surface area contributed by atoms with Crippen molar-refractivity contribution >= 4 is 5.78 Å². The monoisotopic (exact) mass is 363 g/mol. The van der Waals surface area contributed by atoms with Crippen LogP contribution in [0.25, 0.3) is 0 Å². The molecule has 0 spiro atoms. The van der Waals surface area contributed by atoms with Crippen molar-refractivity contribution < 1.29 is 14.3 Å². The minimum absolute atomic E-state index is 0.245. The first-order valence-electron chi connectivity index (χ1n) is 9.94. The van der Waals surface area contributed by atoms with E-state index in [1.807, 2.05) is 6.07 Å². The fraction of sp³-hybridized carbons (Fsp3) is 0.435. The Bertz CT molecular complexity index is 865. The maximum atomic E-state index is 13.3. The first-order chi connectivity index (χ1) is 13.2. The van der Waals surface area contributed by atoms with Crippen molar-refractivity contribution in [1.29, 1.82) is 0 Å². The van der Waals surface area contributed by atoms with Gasteiger partial charge in [-0.15, -0.1) is 0 Å². The van der Waals surface area contributed by atoms with Crippen molar-refractivity contribution in [2.24, 2.45) is 0 Å². The maximum Gasteiger partial charge on any atom is 0.231 e. The lowest BCUT2D eigenvalue weighted by Crippen LogP contribution is -2.51. The van der Waals surface area contributed by atoms with Gasteiger partial charge in [-0.1, -0.05) is 36.4 Å². The predicted octanol–water partition coefficient (Wildman–Crippen LogP) is 4.24. The van der Waals surface area contributed by atoms with Gasteiger partial charge in [-0.25, -0.2) is 0 Å². The molecule has 140 valence electrons. The quantitative estimate of drug-likeness (QED) is 0.818. The Morgan fingerprint density at radius 3 is 2.78 bits per heavy atom. The molecule has 4 nitrogen and oxygen atoms in total. The Morgan fingerprint density at radius 2 is 1.93 bits per heavy atom. The third-order valence-corrected chi connectivity index (χ3v) is 6.78. The van der Waals surface area contributed by atoms with Gasteiger partial charge in [0.25, 0.3) is 0 Å². The summed E-state index contributed by atoms with van der Waals surface area (Å²) >= 11 is 0. The normalized spacial score (nSPS) is 28.2. The molecular weight excluding hydrogens is 338 g/mol. The Hall–Kier alpha value is -2.33. The molecule has 2 heterocycles. The first kappa shape index (κ1) is 16.8. The van der Waals surface area contributed by atoms with Crippen molar-refractivity contribution in [2.45, 2.75) is 50.1 Å². The largest absolute Gasteiger partial charge is 0.454 e. The van der Waals surface area contributed by atoms with E-state index in [0.717, 1.165) is 42.9 Å². The number of likely N-dealkylation sites (tertiary alicyclic amines) is 1. The van der Waals surface area contributed by atoms with Gasteiger partial charge in [0.1, 0.15) is 5.78 Å². The highest BCUT2D eigenvalue weighted by molar-refractivity contribution is 5.92. The lowest BCUT2D eigenvalue weighted by atomic mass is 9.65. The lowest BCUT2D eigenvalue weighted by molar-refractivity contribution is -0.128. The summed E-state index contributed by atoms with van der Waals surface area (Å²) in [4.78, 5) is 15.9. The highest BCUT2D eigenvalue weighted by atomic mass is 16.7. The van der Waals surface area contributed by atoms with E-state index in [1.54, 1.807) is 0 Å². The number of benzene rings is 2. The van der Waals surface area contributed by atoms with Crippen LogP contribution in [0.3, 0.4) is 0 Å². The molecule has 0 bridgehead atoms. The SMILES string of the molecule is CC(c1ccccc1)N1CCC2(c3ccc4c(c3)OCO4)C(=O)CCCC12. The van der Waals surface area contributed by atoms with E-state index < -0.39 is 5.41 Å². The summed E-state index contributed by atoms with van der Waals surface area (Å²) in [5, 5.41) is 0. The summed E-state index contributed by atoms with van der Waals surface area (Å²) in [5.74, 6) is 1.94. The van der Waals surface area contributed by atoms with Crippen molar-refractivity contribution in [3.8, 4) is 11.5 Å². The van der Waals surface area contributed by atoms with E-state index in [0.29, 0.717) is 18.2 Å². The van der Waals surface area contributed by atoms with Crippen molar-refractivity contribution in [3.63, 3.8) is 0 Å². The van der Waals surface area contributed by atoms with Crippen LogP contribution in [0, 0.1) is 0 Å². The summed E-state index contributed by atoms with van der Waals surface area (Å²) < 4.78 is 11.1. The summed E-state index contributed by atoms with van der Waals surface area (Å²) in [7, 11) is 0. The molecule has 5 rings (SSSR count). The number of rotatable bonds is 3. The van der Waals surface area contributed by atoms with Gasteiger partial charge in [0.15, 0.2) is 11.5 Å². The number of hydrogen-bond acceptors (Lipinski definition) is 4. The fourth-order valence-corrected chi connectivity index (χ4v) is 5.39. The topological polar surface area (TPSA) is 38.8 Å². The van der Waals surface area contributed by atoms with Gasteiger partial charge in [0, 0.05) is 25.0 Å². The first-order valence-corrected chi connectivity index (χ1v) is 9.94. The molecule has 2 aromatic carbocycles. The zero-order valence-electron chi connectivity index (χ0n) is 15.7. The molecule has 3 aliphatic rings. The molecule has 1 saturated heterocycles. The zero-order valence-corrected chi connectivity index (χ0v) is 15.7. The fourth-order valence-electron chi connectivity index (χ4n) is 5.39. The molecule has 1 aliphatic carbocycles. The van der Waals surface area contributed by atoms with E-state index in [4.69, 9.17) is 9.47 Å². The Labute approximate surface area is 160 Å². The summed E-state index contributed by atoms with van der Waals surface area (Å²) in [6.45, 7) is 3.48. The highest BCUT2D eigenvalue weighted by Gasteiger charge is 2.55. The van der Waals surface area contributed by atoms with Gasteiger partial charge in [-0.2, -0.15) is 0 Å². The van der Waals surface area contributed by atoms with Crippen molar-refractivity contribution in [3.05, 3.63) is 59.7 Å². The minimum Gasteiger partial charge on any atom is -0.454 e. The van der Waals surface area contributed by atoms with E-state index in [1.165, 1.54) is 5.56 Å². The number of carbonyl (C=O) groups is 1. The zero-order chi connectivity index (χ0) is 18.4. The second-order valence-electron chi connectivity index (χ2n) is 7.95. The van der Waals surface area contributed by atoms with Crippen molar-refractivity contribution in [1.82, 2.24) is 4.90 Å². The number of ketones is 1. The molecule has 0 radical (unpaired) electrons. The highest BCUT2D eigenvalue weighted by Crippen LogP contribution is 2.51. The third kappa shape index (κ3) is 2.50. The van der Waals surface area contributed by atoms with Gasteiger partial charge in [-0.05, 0) is 49.4 Å². The molecule has 0 amide bonds. The van der Waals surface area contributed by atoms with E-state index in [-0.39, 0.29) is 12.8 Å². The van der Waals surface area contributed by atoms with Crippen LogP contribution in [0.5, 0.6) is 11.5 Å². The smallest absolute Gasteiger partial charge is 0.231 e. The number of nitrogens with zero attached hydrogens (tertiary/aromatic N) is 1. The van der Waals surface area contributed by atoms with Gasteiger partial charge < -0.3 is 9.47 Å². The maximum absolute atomic E-state index is 13.3. The Morgan fingerprint density at radius 1 is 1.11 bits per heavy atom. The Kier molecular flexibility index (Phi) is 3.97. The van der Waals surface area contributed by atoms with Crippen LogP contribution < -0.4 is 9.47 Å². The number of carbonyl (C=O) groups excluding carboxylic acids is 1. The molecule has 2 aromatic rings. The van der Waals surface area contributed by atoms with Gasteiger partial charge in [-0.3, -0.25) is 9.69 Å². The summed E-state index contributed by atoms with van der Waals surface area (Å²) in [5.41, 5.74) is 2.00. The molecule has 3 unspecified atom stereocenters. The summed E-state index contributed by atoms with van der Waals surface area (Å²) in [6, 6.07) is 17.3. The van der Waals surface area contributed by atoms with E-state index in [2.05, 4.69) is 54.3 Å². The van der Waals surface area contributed by atoms with Crippen LogP contribution in [0.4, 0.5) is 0 Å². The number of fused-ring (bicyclic) bond motifs is 2. The molecular formula is C23H25NO3. The molecule has 2 aliphatic heterocycles. The van der Waals surface area contributed by atoms with Gasteiger partial charge in [0.2, 0.25) is 6.79 Å². The second kappa shape index (κ2) is 6.38. The minimum atomic E-state index is -0.414.